The normalized spacial score (nSPS) is 11.2. The van der Waals surface area contributed by atoms with Crippen LogP contribution in [0, 0.1) is 6.92 Å². The fraction of sp³-hybridized carbons (Fsp3) is 0.692. The second-order valence-corrected chi connectivity index (χ2v) is 4.70. The molecule has 0 aromatic carbocycles. The number of rotatable bonds is 7. The van der Waals surface area contributed by atoms with Gasteiger partial charge in [-0.25, -0.2) is 9.97 Å². The Morgan fingerprint density at radius 2 is 2.12 bits per heavy atom. The van der Waals surface area contributed by atoms with Crippen molar-refractivity contribution in [2.24, 2.45) is 0 Å². The van der Waals surface area contributed by atoms with E-state index in [1.807, 2.05) is 13.0 Å². The minimum absolute atomic E-state index is 0.632. The van der Waals surface area contributed by atoms with Crippen LogP contribution in [0.15, 0.2) is 12.3 Å². The first-order chi connectivity index (χ1) is 8.09. The van der Waals surface area contributed by atoms with Gasteiger partial charge in [-0.2, -0.15) is 0 Å². The molecule has 0 unspecified atom stereocenters. The number of nitrogens with one attached hydrogen (secondary N) is 1. The highest BCUT2D eigenvalue weighted by Crippen LogP contribution is 2.02. The standard InChI is InChI=1S/C13H24N4/c1-11(2)17(4)10-6-5-8-15-13-7-9-14-12(3)16-13/h7,9,11H,5-6,8,10H2,1-4H3,(H,14,15,16). The van der Waals surface area contributed by atoms with Crippen LogP contribution in [0.4, 0.5) is 5.82 Å². The van der Waals surface area contributed by atoms with Gasteiger partial charge in [-0.3, -0.25) is 0 Å². The Labute approximate surface area is 104 Å². The second kappa shape index (κ2) is 7.22. The minimum Gasteiger partial charge on any atom is -0.370 e. The quantitative estimate of drug-likeness (QED) is 0.738. The maximum atomic E-state index is 4.30. The number of hydrogen-bond acceptors (Lipinski definition) is 4. The average molecular weight is 236 g/mol. The molecule has 0 aliphatic carbocycles. The first kappa shape index (κ1) is 13.9. The Kier molecular flexibility index (Phi) is 5.91. The molecule has 0 fully saturated rings. The molecule has 96 valence electrons. The van der Waals surface area contributed by atoms with Gasteiger partial charge in [-0.15, -0.1) is 0 Å². The summed E-state index contributed by atoms with van der Waals surface area (Å²) < 4.78 is 0. The molecule has 0 aliphatic rings. The third kappa shape index (κ3) is 5.63. The summed E-state index contributed by atoms with van der Waals surface area (Å²) in [6, 6.07) is 2.54. The monoisotopic (exact) mass is 236 g/mol. The molecule has 17 heavy (non-hydrogen) atoms. The Balaban J connectivity index is 2.12. The molecule has 0 amide bonds. The predicted molar refractivity (Wildman–Crippen MR) is 72.3 cm³/mol. The molecular weight excluding hydrogens is 212 g/mol. The maximum absolute atomic E-state index is 4.30. The van der Waals surface area contributed by atoms with Crippen LogP contribution in [0.3, 0.4) is 0 Å². The fourth-order valence-corrected chi connectivity index (χ4v) is 1.52. The van der Waals surface area contributed by atoms with Gasteiger partial charge in [0.1, 0.15) is 11.6 Å². The van der Waals surface area contributed by atoms with E-state index in [9.17, 15) is 0 Å². The third-order valence-electron chi connectivity index (χ3n) is 2.90. The van der Waals surface area contributed by atoms with E-state index in [-0.39, 0.29) is 0 Å². The van der Waals surface area contributed by atoms with Crippen LogP contribution in [0.25, 0.3) is 0 Å². The first-order valence-corrected chi connectivity index (χ1v) is 6.33. The molecule has 0 radical (unpaired) electrons. The molecule has 4 nitrogen and oxygen atoms in total. The zero-order chi connectivity index (χ0) is 12.7. The number of aromatic nitrogens is 2. The van der Waals surface area contributed by atoms with Crippen molar-refractivity contribution in [3.05, 3.63) is 18.1 Å². The molecular formula is C13H24N4. The summed E-state index contributed by atoms with van der Waals surface area (Å²) in [5, 5.41) is 3.32. The van der Waals surface area contributed by atoms with Gasteiger partial charge in [-0.1, -0.05) is 0 Å². The van der Waals surface area contributed by atoms with Gasteiger partial charge in [0.2, 0.25) is 0 Å². The van der Waals surface area contributed by atoms with Crippen molar-refractivity contribution in [1.82, 2.24) is 14.9 Å². The number of nitrogens with zero attached hydrogens (tertiary/aromatic N) is 3. The van der Waals surface area contributed by atoms with Gasteiger partial charge in [0.25, 0.3) is 0 Å². The molecule has 1 aromatic rings. The highest BCUT2D eigenvalue weighted by atomic mass is 15.1. The predicted octanol–water partition coefficient (Wildman–Crippen LogP) is 2.32. The lowest BCUT2D eigenvalue weighted by atomic mass is 10.2. The van der Waals surface area contributed by atoms with Gasteiger partial charge in [0.15, 0.2) is 0 Å². The highest BCUT2D eigenvalue weighted by Gasteiger charge is 2.01. The first-order valence-electron chi connectivity index (χ1n) is 6.33. The molecule has 1 rings (SSSR count). The lowest BCUT2D eigenvalue weighted by Gasteiger charge is -2.20. The molecule has 0 atom stereocenters. The van der Waals surface area contributed by atoms with Gasteiger partial charge in [-0.05, 0) is 53.3 Å². The van der Waals surface area contributed by atoms with Gasteiger partial charge < -0.3 is 10.2 Å². The van der Waals surface area contributed by atoms with Crippen molar-refractivity contribution < 1.29 is 0 Å². The number of unbranched alkanes of at least 4 members (excludes halogenated alkanes) is 1. The SMILES string of the molecule is Cc1nccc(NCCCCN(C)C(C)C)n1. The topological polar surface area (TPSA) is 41.1 Å². The maximum Gasteiger partial charge on any atom is 0.129 e. The number of hydrogen-bond donors (Lipinski definition) is 1. The molecule has 0 saturated carbocycles. The minimum atomic E-state index is 0.632. The van der Waals surface area contributed by atoms with Crippen molar-refractivity contribution in [2.75, 3.05) is 25.5 Å². The van der Waals surface area contributed by atoms with E-state index in [0.717, 1.165) is 24.7 Å². The van der Waals surface area contributed by atoms with Gasteiger partial charge >= 0.3 is 0 Å². The van der Waals surface area contributed by atoms with Gasteiger partial charge in [0, 0.05) is 18.8 Å². The Morgan fingerprint density at radius 3 is 2.76 bits per heavy atom. The van der Waals surface area contributed by atoms with Crippen LogP contribution in [0.5, 0.6) is 0 Å². The zero-order valence-corrected chi connectivity index (χ0v) is 11.4. The summed E-state index contributed by atoms with van der Waals surface area (Å²) in [4.78, 5) is 10.7. The summed E-state index contributed by atoms with van der Waals surface area (Å²) in [6.45, 7) is 8.48. The lowest BCUT2D eigenvalue weighted by Crippen LogP contribution is -2.27. The molecule has 1 aromatic heterocycles. The number of aryl methyl sites for hydroxylation is 1. The fourth-order valence-electron chi connectivity index (χ4n) is 1.52. The average Bonchev–Trinajstić information content (AvgIpc) is 2.28. The summed E-state index contributed by atoms with van der Waals surface area (Å²) >= 11 is 0. The van der Waals surface area contributed by atoms with Crippen molar-refractivity contribution in [1.29, 1.82) is 0 Å². The van der Waals surface area contributed by atoms with E-state index in [2.05, 4.69) is 41.1 Å². The second-order valence-electron chi connectivity index (χ2n) is 4.70. The third-order valence-corrected chi connectivity index (χ3v) is 2.90. The van der Waals surface area contributed by atoms with Crippen LogP contribution < -0.4 is 5.32 Å². The Hall–Kier alpha value is -1.16. The van der Waals surface area contributed by atoms with Crippen molar-refractivity contribution >= 4 is 5.82 Å². The van der Waals surface area contributed by atoms with Crippen LogP contribution in [-0.4, -0.2) is 41.0 Å². The Morgan fingerprint density at radius 1 is 1.35 bits per heavy atom. The molecule has 1 heterocycles. The van der Waals surface area contributed by atoms with Crippen LogP contribution >= 0.6 is 0 Å². The molecule has 0 bridgehead atoms. The summed E-state index contributed by atoms with van der Waals surface area (Å²) in [6.07, 6.45) is 4.17. The summed E-state index contributed by atoms with van der Waals surface area (Å²) in [7, 11) is 2.17. The van der Waals surface area contributed by atoms with E-state index in [1.54, 1.807) is 6.20 Å². The molecule has 0 aliphatic heterocycles. The van der Waals surface area contributed by atoms with Crippen LogP contribution in [0.2, 0.25) is 0 Å². The highest BCUT2D eigenvalue weighted by molar-refractivity contribution is 5.32. The molecule has 0 saturated heterocycles. The largest absolute Gasteiger partial charge is 0.370 e. The zero-order valence-electron chi connectivity index (χ0n) is 11.4. The van der Waals surface area contributed by atoms with Crippen molar-refractivity contribution in [3.8, 4) is 0 Å². The molecule has 4 heteroatoms. The van der Waals surface area contributed by atoms with E-state index in [1.165, 1.54) is 12.8 Å². The Bertz CT molecular complexity index is 325. The van der Waals surface area contributed by atoms with Gasteiger partial charge in [0.05, 0.1) is 0 Å². The smallest absolute Gasteiger partial charge is 0.129 e. The molecule has 0 spiro atoms. The lowest BCUT2D eigenvalue weighted by molar-refractivity contribution is 0.269. The van der Waals surface area contributed by atoms with Crippen LogP contribution in [0.1, 0.15) is 32.5 Å². The summed E-state index contributed by atoms with van der Waals surface area (Å²) in [5.74, 6) is 1.74. The van der Waals surface area contributed by atoms with E-state index in [4.69, 9.17) is 0 Å². The van der Waals surface area contributed by atoms with E-state index >= 15 is 0 Å². The number of anilines is 1. The van der Waals surface area contributed by atoms with Crippen molar-refractivity contribution in [2.45, 2.75) is 39.7 Å². The van der Waals surface area contributed by atoms with E-state index < -0.39 is 0 Å². The van der Waals surface area contributed by atoms with Crippen molar-refractivity contribution in [3.63, 3.8) is 0 Å². The summed E-state index contributed by atoms with van der Waals surface area (Å²) in [5.41, 5.74) is 0. The molecule has 1 N–H and O–H groups in total. The van der Waals surface area contributed by atoms with E-state index in [0.29, 0.717) is 6.04 Å². The van der Waals surface area contributed by atoms with Crippen LogP contribution in [-0.2, 0) is 0 Å².